The molecule has 1 saturated heterocycles. The van der Waals surface area contributed by atoms with Gasteiger partial charge in [-0.2, -0.15) is 0 Å². The summed E-state index contributed by atoms with van der Waals surface area (Å²) < 4.78 is 0. The first kappa shape index (κ1) is 12.4. The number of hydrogen-bond donors (Lipinski definition) is 1. The molecule has 1 aliphatic heterocycles. The van der Waals surface area contributed by atoms with Gasteiger partial charge in [0.15, 0.2) is 0 Å². The number of piperidine rings is 1. The molecular weight excluding hydrogens is 236 g/mol. The topological polar surface area (TPSA) is 46.3 Å². The van der Waals surface area contributed by atoms with Gasteiger partial charge in [-0.15, -0.1) is 0 Å². The van der Waals surface area contributed by atoms with E-state index in [1.54, 1.807) is 12.1 Å². The lowest BCUT2D eigenvalue weighted by atomic mass is 10.0. The van der Waals surface area contributed by atoms with Crippen molar-refractivity contribution in [2.24, 2.45) is 5.73 Å². The molecule has 0 bridgehead atoms. The van der Waals surface area contributed by atoms with E-state index in [0.29, 0.717) is 17.1 Å². The molecule has 1 fully saturated rings. The minimum Gasteiger partial charge on any atom is -0.337 e. The number of carbonyl (C=O) groups is 1. The van der Waals surface area contributed by atoms with E-state index in [1.165, 1.54) is 0 Å². The molecule has 0 unspecified atom stereocenters. The molecule has 3 nitrogen and oxygen atoms in total. The molecule has 0 aromatic heterocycles. The summed E-state index contributed by atoms with van der Waals surface area (Å²) in [5.41, 5.74) is 7.50. The Labute approximate surface area is 107 Å². The van der Waals surface area contributed by atoms with Gasteiger partial charge in [-0.1, -0.05) is 11.6 Å². The monoisotopic (exact) mass is 252 g/mol. The van der Waals surface area contributed by atoms with Crippen molar-refractivity contribution in [3.05, 3.63) is 34.3 Å². The fourth-order valence-corrected chi connectivity index (χ4v) is 2.27. The quantitative estimate of drug-likeness (QED) is 0.833. The summed E-state index contributed by atoms with van der Waals surface area (Å²) in [6, 6.07) is 5.50. The van der Waals surface area contributed by atoms with Crippen LogP contribution in [-0.2, 0) is 0 Å². The Hall–Kier alpha value is -1.06. The van der Waals surface area contributed by atoms with Crippen molar-refractivity contribution in [1.82, 2.24) is 4.90 Å². The van der Waals surface area contributed by atoms with Crippen LogP contribution in [0.3, 0.4) is 0 Å². The number of nitrogens with zero attached hydrogens (tertiary/aromatic N) is 1. The zero-order valence-electron chi connectivity index (χ0n) is 9.95. The Morgan fingerprint density at radius 3 is 2.94 bits per heavy atom. The highest BCUT2D eigenvalue weighted by molar-refractivity contribution is 6.31. The van der Waals surface area contributed by atoms with Gasteiger partial charge in [0.25, 0.3) is 5.91 Å². The van der Waals surface area contributed by atoms with E-state index < -0.39 is 0 Å². The molecule has 1 atom stereocenters. The van der Waals surface area contributed by atoms with Gasteiger partial charge in [-0.3, -0.25) is 4.79 Å². The van der Waals surface area contributed by atoms with E-state index in [4.69, 9.17) is 17.3 Å². The molecule has 1 heterocycles. The minimum atomic E-state index is 0.0555. The van der Waals surface area contributed by atoms with Crippen molar-refractivity contribution in [2.75, 3.05) is 13.1 Å². The number of carbonyl (C=O) groups excluding carboxylic acids is 1. The van der Waals surface area contributed by atoms with Gasteiger partial charge >= 0.3 is 0 Å². The third-order valence-corrected chi connectivity index (χ3v) is 3.57. The third kappa shape index (κ3) is 2.79. The normalized spacial score (nSPS) is 20.4. The maximum absolute atomic E-state index is 12.2. The van der Waals surface area contributed by atoms with Crippen LogP contribution in [0.2, 0.25) is 5.02 Å². The van der Waals surface area contributed by atoms with E-state index in [2.05, 4.69) is 0 Å². The zero-order valence-corrected chi connectivity index (χ0v) is 10.7. The average Bonchev–Trinajstić information content (AvgIpc) is 2.32. The molecule has 0 aliphatic carbocycles. The smallest absolute Gasteiger partial charge is 0.253 e. The number of aryl methyl sites for hydroxylation is 1. The summed E-state index contributed by atoms with van der Waals surface area (Å²) >= 11 is 5.95. The molecule has 4 heteroatoms. The summed E-state index contributed by atoms with van der Waals surface area (Å²) in [5, 5.41) is 0.692. The molecule has 1 amide bonds. The number of likely N-dealkylation sites (tertiary alicyclic amines) is 1. The van der Waals surface area contributed by atoms with Crippen LogP contribution >= 0.6 is 11.6 Å². The third-order valence-electron chi connectivity index (χ3n) is 3.15. The lowest BCUT2D eigenvalue weighted by Crippen LogP contribution is -2.45. The molecule has 2 N–H and O–H groups in total. The SMILES string of the molecule is Cc1cc(C(=O)N2CCC[C@H](N)C2)ccc1Cl. The van der Waals surface area contributed by atoms with Gasteiger partial charge in [0.05, 0.1) is 0 Å². The highest BCUT2D eigenvalue weighted by atomic mass is 35.5. The van der Waals surface area contributed by atoms with E-state index >= 15 is 0 Å². The summed E-state index contributed by atoms with van der Waals surface area (Å²) in [6.07, 6.45) is 1.99. The molecule has 0 spiro atoms. The van der Waals surface area contributed by atoms with Gasteiger partial charge < -0.3 is 10.6 Å². The number of amides is 1. The first-order valence-corrected chi connectivity index (χ1v) is 6.26. The maximum Gasteiger partial charge on any atom is 0.253 e. The van der Waals surface area contributed by atoms with Gasteiger partial charge in [0, 0.05) is 29.7 Å². The van der Waals surface area contributed by atoms with Crippen LogP contribution in [0.1, 0.15) is 28.8 Å². The second kappa shape index (κ2) is 5.07. The van der Waals surface area contributed by atoms with Crippen molar-refractivity contribution >= 4 is 17.5 Å². The lowest BCUT2D eigenvalue weighted by Gasteiger charge is -2.30. The van der Waals surface area contributed by atoms with Crippen LogP contribution in [-0.4, -0.2) is 29.9 Å². The van der Waals surface area contributed by atoms with E-state index in [0.717, 1.165) is 24.9 Å². The molecule has 2 rings (SSSR count). The number of hydrogen-bond acceptors (Lipinski definition) is 2. The second-order valence-corrected chi connectivity index (χ2v) is 5.02. The largest absolute Gasteiger partial charge is 0.337 e. The number of benzene rings is 1. The summed E-state index contributed by atoms with van der Waals surface area (Å²) in [6.45, 7) is 3.36. The molecule has 0 saturated carbocycles. The van der Waals surface area contributed by atoms with Gasteiger partial charge in [-0.25, -0.2) is 0 Å². The predicted molar refractivity (Wildman–Crippen MR) is 69.3 cm³/mol. The standard InChI is InChI=1S/C13H17ClN2O/c1-9-7-10(4-5-12(9)14)13(17)16-6-2-3-11(15)8-16/h4-5,7,11H,2-3,6,8,15H2,1H3/t11-/m0/s1. The van der Waals surface area contributed by atoms with Crippen LogP contribution in [0.4, 0.5) is 0 Å². The Bertz CT molecular complexity index is 433. The Morgan fingerprint density at radius 1 is 1.53 bits per heavy atom. The first-order valence-electron chi connectivity index (χ1n) is 5.89. The lowest BCUT2D eigenvalue weighted by molar-refractivity contribution is 0.0708. The molecule has 1 aliphatic rings. The molecule has 92 valence electrons. The van der Waals surface area contributed by atoms with Crippen molar-refractivity contribution in [2.45, 2.75) is 25.8 Å². The van der Waals surface area contributed by atoms with Gasteiger partial charge in [0.1, 0.15) is 0 Å². The predicted octanol–water partition coefficient (Wildman–Crippen LogP) is 2.21. The maximum atomic E-state index is 12.2. The number of halogens is 1. The second-order valence-electron chi connectivity index (χ2n) is 4.62. The van der Waals surface area contributed by atoms with Crippen molar-refractivity contribution in [1.29, 1.82) is 0 Å². The molecular formula is C13H17ClN2O. The molecule has 1 aromatic carbocycles. The van der Waals surface area contributed by atoms with Crippen LogP contribution < -0.4 is 5.73 Å². The summed E-state index contributed by atoms with van der Waals surface area (Å²) in [7, 11) is 0. The van der Waals surface area contributed by atoms with Crippen LogP contribution in [0, 0.1) is 6.92 Å². The number of nitrogens with two attached hydrogens (primary N) is 1. The van der Waals surface area contributed by atoms with Gasteiger partial charge in [-0.05, 0) is 43.5 Å². The molecule has 1 aromatic rings. The van der Waals surface area contributed by atoms with Crippen molar-refractivity contribution in [3.63, 3.8) is 0 Å². The van der Waals surface area contributed by atoms with E-state index in [1.807, 2.05) is 17.9 Å². The Balaban J connectivity index is 2.15. The van der Waals surface area contributed by atoms with Crippen LogP contribution in [0.25, 0.3) is 0 Å². The van der Waals surface area contributed by atoms with E-state index in [-0.39, 0.29) is 11.9 Å². The summed E-state index contributed by atoms with van der Waals surface area (Å²) in [4.78, 5) is 14.1. The number of rotatable bonds is 1. The highest BCUT2D eigenvalue weighted by Crippen LogP contribution is 2.19. The highest BCUT2D eigenvalue weighted by Gasteiger charge is 2.22. The Morgan fingerprint density at radius 2 is 2.29 bits per heavy atom. The Kier molecular flexibility index (Phi) is 3.69. The van der Waals surface area contributed by atoms with E-state index in [9.17, 15) is 4.79 Å². The molecule has 17 heavy (non-hydrogen) atoms. The van der Waals surface area contributed by atoms with Crippen molar-refractivity contribution < 1.29 is 4.79 Å². The molecule has 0 radical (unpaired) electrons. The minimum absolute atomic E-state index is 0.0555. The van der Waals surface area contributed by atoms with Crippen LogP contribution in [0.5, 0.6) is 0 Å². The average molecular weight is 253 g/mol. The fourth-order valence-electron chi connectivity index (χ4n) is 2.15. The van der Waals surface area contributed by atoms with Gasteiger partial charge in [0.2, 0.25) is 0 Å². The van der Waals surface area contributed by atoms with Crippen LogP contribution in [0.15, 0.2) is 18.2 Å². The zero-order chi connectivity index (χ0) is 12.4. The van der Waals surface area contributed by atoms with Crippen molar-refractivity contribution in [3.8, 4) is 0 Å². The fraction of sp³-hybridized carbons (Fsp3) is 0.462. The summed E-state index contributed by atoms with van der Waals surface area (Å²) in [5.74, 6) is 0.0555. The first-order chi connectivity index (χ1) is 8.08.